The Balaban J connectivity index is 3.42. The van der Waals surface area contributed by atoms with Gasteiger partial charge in [-0.25, -0.2) is 12.7 Å². The van der Waals surface area contributed by atoms with Crippen LogP contribution in [0.1, 0.15) is 11.5 Å². The fourth-order valence-electron chi connectivity index (χ4n) is 1.41. The van der Waals surface area contributed by atoms with Crippen LogP contribution in [-0.2, 0) is 10.0 Å². The van der Waals surface area contributed by atoms with Gasteiger partial charge in [0.25, 0.3) is 0 Å². The van der Waals surface area contributed by atoms with Gasteiger partial charge in [0, 0.05) is 14.1 Å². The smallest absolute Gasteiger partial charge is 0.242 e. The van der Waals surface area contributed by atoms with Crippen LogP contribution in [0.3, 0.4) is 0 Å². The molecule has 1 atom stereocenters. The fourth-order valence-corrected chi connectivity index (χ4v) is 2.56. The Morgan fingerprint density at radius 2 is 2.00 bits per heavy atom. The third-order valence-electron chi connectivity index (χ3n) is 2.39. The highest BCUT2D eigenvalue weighted by Crippen LogP contribution is 2.25. The highest BCUT2D eigenvalue weighted by atomic mass is 32.2. The second-order valence-corrected chi connectivity index (χ2v) is 5.81. The molecule has 92 valence electrons. The maximum absolute atomic E-state index is 12.0. The van der Waals surface area contributed by atoms with Crippen molar-refractivity contribution >= 4 is 10.0 Å². The molecule has 0 fully saturated rings. The molecule has 0 heterocycles. The van der Waals surface area contributed by atoms with Crippen molar-refractivity contribution in [2.75, 3.05) is 20.7 Å². The molecule has 17 heavy (non-hydrogen) atoms. The Bertz CT molecular complexity index is 532. The molecular weight excluding hydrogens is 240 g/mol. The first kappa shape index (κ1) is 13.6. The summed E-state index contributed by atoms with van der Waals surface area (Å²) < 4.78 is 25.1. The number of rotatable bonds is 4. The van der Waals surface area contributed by atoms with Gasteiger partial charge in [0.15, 0.2) is 0 Å². The summed E-state index contributed by atoms with van der Waals surface area (Å²) in [6.07, 6.45) is 0. The van der Waals surface area contributed by atoms with Crippen LogP contribution < -0.4 is 0 Å². The number of hydrogen-bond donors (Lipinski definition) is 1. The zero-order chi connectivity index (χ0) is 13.1. The molecule has 0 aromatic heterocycles. The second kappa shape index (κ2) is 5.27. The van der Waals surface area contributed by atoms with Crippen LogP contribution in [0, 0.1) is 11.3 Å². The van der Waals surface area contributed by atoms with Crippen LogP contribution in [0.2, 0.25) is 0 Å². The summed E-state index contributed by atoms with van der Waals surface area (Å²) in [5, 5.41) is 18.0. The summed E-state index contributed by atoms with van der Waals surface area (Å²) in [4.78, 5) is 0.0607. The molecular formula is C11H14N2O3S. The number of nitriles is 1. The van der Waals surface area contributed by atoms with E-state index in [1.54, 1.807) is 18.2 Å². The second-order valence-electron chi connectivity index (χ2n) is 3.69. The van der Waals surface area contributed by atoms with Crippen molar-refractivity contribution in [3.63, 3.8) is 0 Å². The topological polar surface area (TPSA) is 81.4 Å². The van der Waals surface area contributed by atoms with Gasteiger partial charge in [0.05, 0.1) is 23.5 Å². The first-order chi connectivity index (χ1) is 7.95. The van der Waals surface area contributed by atoms with Crippen molar-refractivity contribution < 1.29 is 13.5 Å². The number of benzene rings is 1. The van der Waals surface area contributed by atoms with E-state index in [-0.39, 0.29) is 4.90 Å². The van der Waals surface area contributed by atoms with Crippen LogP contribution >= 0.6 is 0 Å². The number of hydrogen-bond acceptors (Lipinski definition) is 4. The molecule has 0 saturated carbocycles. The summed E-state index contributed by atoms with van der Waals surface area (Å²) in [6.45, 7) is -0.406. The third kappa shape index (κ3) is 2.64. The molecule has 1 rings (SSSR count). The van der Waals surface area contributed by atoms with Gasteiger partial charge in [-0.1, -0.05) is 18.2 Å². The van der Waals surface area contributed by atoms with Gasteiger partial charge >= 0.3 is 0 Å². The Kier molecular flexibility index (Phi) is 4.23. The Morgan fingerprint density at radius 3 is 2.47 bits per heavy atom. The lowest BCUT2D eigenvalue weighted by Crippen LogP contribution is -2.24. The van der Waals surface area contributed by atoms with E-state index in [0.717, 1.165) is 4.31 Å². The highest BCUT2D eigenvalue weighted by Gasteiger charge is 2.24. The molecule has 6 heteroatoms. The molecule has 1 aromatic rings. The highest BCUT2D eigenvalue weighted by molar-refractivity contribution is 7.89. The predicted octanol–water partition coefficient (Wildman–Crippen LogP) is 0.536. The van der Waals surface area contributed by atoms with Crippen molar-refractivity contribution in [2.24, 2.45) is 0 Å². The third-order valence-corrected chi connectivity index (χ3v) is 4.28. The quantitative estimate of drug-likeness (QED) is 0.850. The van der Waals surface area contributed by atoms with Crippen molar-refractivity contribution in [1.82, 2.24) is 4.31 Å². The maximum atomic E-state index is 12.0. The number of aliphatic hydroxyl groups is 1. The van der Waals surface area contributed by atoms with Crippen LogP contribution in [0.4, 0.5) is 0 Å². The van der Waals surface area contributed by atoms with Crippen molar-refractivity contribution in [2.45, 2.75) is 10.8 Å². The predicted molar refractivity (Wildman–Crippen MR) is 62.8 cm³/mol. The molecule has 1 unspecified atom stereocenters. The van der Waals surface area contributed by atoms with E-state index in [0.29, 0.717) is 5.56 Å². The van der Waals surface area contributed by atoms with Crippen LogP contribution in [-0.4, -0.2) is 38.5 Å². The minimum atomic E-state index is -3.60. The lowest BCUT2D eigenvalue weighted by Gasteiger charge is -2.16. The molecule has 0 saturated heterocycles. The van der Waals surface area contributed by atoms with Gasteiger partial charge < -0.3 is 5.11 Å². The lowest BCUT2D eigenvalue weighted by atomic mass is 10.0. The summed E-state index contributed by atoms with van der Waals surface area (Å²) in [5.41, 5.74) is 0.325. The van der Waals surface area contributed by atoms with E-state index in [4.69, 9.17) is 10.4 Å². The number of aliphatic hydroxyl groups excluding tert-OH is 1. The summed E-state index contributed by atoms with van der Waals surface area (Å²) >= 11 is 0. The summed E-state index contributed by atoms with van der Waals surface area (Å²) in [6, 6.07) is 8.10. The average Bonchev–Trinajstić information content (AvgIpc) is 2.31. The number of nitrogens with zero attached hydrogens (tertiary/aromatic N) is 2. The molecule has 0 radical (unpaired) electrons. The average molecular weight is 254 g/mol. The van der Waals surface area contributed by atoms with E-state index < -0.39 is 22.5 Å². The zero-order valence-electron chi connectivity index (χ0n) is 9.66. The van der Waals surface area contributed by atoms with Gasteiger partial charge in [0.1, 0.15) is 0 Å². The Labute approximate surface area is 101 Å². The van der Waals surface area contributed by atoms with E-state index in [1.165, 1.54) is 20.2 Å². The van der Waals surface area contributed by atoms with Crippen LogP contribution in [0.25, 0.3) is 0 Å². The monoisotopic (exact) mass is 254 g/mol. The van der Waals surface area contributed by atoms with E-state index in [9.17, 15) is 8.42 Å². The fraction of sp³-hybridized carbons (Fsp3) is 0.364. The van der Waals surface area contributed by atoms with Gasteiger partial charge in [-0.2, -0.15) is 5.26 Å². The van der Waals surface area contributed by atoms with Crippen molar-refractivity contribution in [1.29, 1.82) is 5.26 Å². The maximum Gasteiger partial charge on any atom is 0.242 e. The molecule has 0 aliphatic carbocycles. The van der Waals surface area contributed by atoms with E-state index in [2.05, 4.69) is 0 Å². The molecule has 5 nitrogen and oxygen atoms in total. The Morgan fingerprint density at radius 1 is 1.41 bits per heavy atom. The molecule has 1 aromatic carbocycles. The van der Waals surface area contributed by atoms with E-state index in [1.807, 2.05) is 6.07 Å². The number of sulfonamides is 1. The summed E-state index contributed by atoms with van der Waals surface area (Å²) in [7, 11) is -0.756. The normalized spacial score (nSPS) is 13.4. The van der Waals surface area contributed by atoms with Crippen LogP contribution in [0.5, 0.6) is 0 Å². The largest absolute Gasteiger partial charge is 0.395 e. The van der Waals surface area contributed by atoms with Crippen LogP contribution in [0.15, 0.2) is 29.2 Å². The minimum Gasteiger partial charge on any atom is -0.395 e. The molecule has 0 amide bonds. The molecule has 0 spiro atoms. The lowest BCUT2D eigenvalue weighted by molar-refractivity contribution is 0.284. The van der Waals surface area contributed by atoms with E-state index >= 15 is 0 Å². The molecule has 0 aliphatic rings. The summed E-state index contributed by atoms with van der Waals surface area (Å²) in [5.74, 6) is -0.832. The van der Waals surface area contributed by atoms with Gasteiger partial charge in [-0.15, -0.1) is 0 Å². The minimum absolute atomic E-state index is 0.0607. The standard InChI is InChI=1S/C11H14N2O3S/c1-13(2)17(15,16)11-6-4-3-5-10(11)9(7-12)8-14/h3-6,9,14H,8H2,1-2H3. The first-order valence-electron chi connectivity index (χ1n) is 4.97. The molecule has 0 bridgehead atoms. The van der Waals surface area contributed by atoms with Crippen molar-refractivity contribution in [3.05, 3.63) is 29.8 Å². The first-order valence-corrected chi connectivity index (χ1v) is 6.41. The SMILES string of the molecule is CN(C)S(=O)(=O)c1ccccc1C(C#N)CO. The van der Waals surface area contributed by atoms with Gasteiger partial charge in [0.2, 0.25) is 10.0 Å². The molecule has 1 N–H and O–H groups in total. The van der Waals surface area contributed by atoms with Gasteiger partial charge in [-0.3, -0.25) is 0 Å². The Hall–Kier alpha value is -1.42. The van der Waals surface area contributed by atoms with Crippen molar-refractivity contribution in [3.8, 4) is 6.07 Å². The molecule has 0 aliphatic heterocycles. The zero-order valence-corrected chi connectivity index (χ0v) is 10.5. The van der Waals surface area contributed by atoms with Gasteiger partial charge in [-0.05, 0) is 11.6 Å².